The molecule has 3 rings (SSSR count). The average molecular weight is 259 g/mol. The normalized spacial score (nSPS) is 21.2. The van der Waals surface area contributed by atoms with E-state index >= 15 is 0 Å². The zero-order chi connectivity index (χ0) is 13.2. The van der Waals surface area contributed by atoms with Gasteiger partial charge in [0.05, 0.1) is 11.6 Å². The molecule has 0 aromatic carbocycles. The summed E-state index contributed by atoms with van der Waals surface area (Å²) in [5, 5.41) is 8.05. The van der Waals surface area contributed by atoms with Gasteiger partial charge >= 0.3 is 0 Å². The predicted molar refractivity (Wildman–Crippen MR) is 76.1 cm³/mol. The van der Waals surface area contributed by atoms with E-state index < -0.39 is 0 Å². The fraction of sp³-hybridized carbons (Fsp3) is 0.643. The van der Waals surface area contributed by atoms with Crippen LogP contribution in [0.3, 0.4) is 0 Å². The molecule has 1 aliphatic heterocycles. The van der Waals surface area contributed by atoms with Gasteiger partial charge in [0, 0.05) is 12.6 Å². The maximum absolute atomic E-state index is 4.51. The minimum atomic E-state index is 0.605. The van der Waals surface area contributed by atoms with Gasteiger partial charge in [-0.1, -0.05) is 20.3 Å². The lowest BCUT2D eigenvalue weighted by atomic mass is 9.95. The third-order valence-corrected chi connectivity index (χ3v) is 4.20. The number of fused-ring (bicyclic) bond motifs is 1. The average Bonchev–Trinajstić information content (AvgIpc) is 3.07. The van der Waals surface area contributed by atoms with E-state index in [2.05, 4.69) is 38.9 Å². The Balaban J connectivity index is 1.94. The van der Waals surface area contributed by atoms with Crippen LogP contribution in [0.2, 0.25) is 0 Å². The van der Waals surface area contributed by atoms with E-state index in [9.17, 15) is 0 Å². The summed E-state index contributed by atoms with van der Waals surface area (Å²) in [5.41, 5.74) is 0.832. The molecule has 1 fully saturated rings. The van der Waals surface area contributed by atoms with Crippen LogP contribution in [0.1, 0.15) is 39.5 Å². The second-order valence-corrected chi connectivity index (χ2v) is 5.50. The molecule has 5 heteroatoms. The number of rotatable bonds is 4. The van der Waals surface area contributed by atoms with Gasteiger partial charge in [0.1, 0.15) is 12.1 Å². The molecular weight excluding hydrogens is 238 g/mol. The molecule has 1 saturated heterocycles. The second kappa shape index (κ2) is 5.15. The highest BCUT2D eigenvalue weighted by atomic mass is 15.3. The first-order chi connectivity index (χ1) is 9.31. The van der Waals surface area contributed by atoms with E-state index in [1.165, 1.54) is 25.7 Å². The van der Waals surface area contributed by atoms with E-state index in [1.54, 1.807) is 6.33 Å². The van der Waals surface area contributed by atoms with Crippen LogP contribution in [-0.2, 0) is 0 Å². The van der Waals surface area contributed by atoms with Crippen molar-refractivity contribution in [2.45, 2.75) is 45.6 Å². The van der Waals surface area contributed by atoms with E-state index in [0.717, 1.165) is 23.4 Å². The summed E-state index contributed by atoms with van der Waals surface area (Å²) in [6, 6.07) is 0.605. The monoisotopic (exact) mass is 259 g/mol. The van der Waals surface area contributed by atoms with Crippen molar-refractivity contribution in [3.63, 3.8) is 0 Å². The van der Waals surface area contributed by atoms with Crippen molar-refractivity contribution in [2.75, 3.05) is 11.4 Å². The molecule has 0 aliphatic carbocycles. The highest BCUT2D eigenvalue weighted by Gasteiger charge is 2.30. The summed E-state index contributed by atoms with van der Waals surface area (Å²) in [7, 11) is 0. The Morgan fingerprint density at radius 3 is 3.21 bits per heavy atom. The summed E-state index contributed by atoms with van der Waals surface area (Å²) < 4.78 is 0. The van der Waals surface area contributed by atoms with Gasteiger partial charge in [-0.2, -0.15) is 5.10 Å². The summed E-state index contributed by atoms with van der Waals surface area (Å²) in [6.45, 7) is 5.71. The third kappa shape index (κ3) is 2.17. The van der Waals surface area contributed by atoms with Crippen molar-refractivity contribution >= 4 is 16.9 Å². The minimum Gasteiger partial charge on any atom is -0.353 e. The van der Waals surface area contributed by atoms with Crippen molar-refractivity contribution in [1.82, 2.24) is 20.2 Å². The van der Waals surface area contributed by atoms with Gasteiger partial charge < -0.3 is 4.90 Å². The fourth-order valence-corrected chi connectivity index (χ4v) is 3.28. The molecule has 102 valence electrons. The molecule has 2 atom stereocenters. The Bertz CT molecular complexity index is 550. The molecule has 5 nitrogen and oxygen atoms in total. The second-order valence-electron chi connectivity index (χ2n) is 5.50. The molecule has 19 heavy (non-hydrogen) atoms. The van der Waals surface area contributed by atoms with Crippen LogP contribution < -0.4 is 4.90 Å². The number of nitrogens with zero attached hydrogens (tertiary/aromatic N) is 4. The van der Waals surface area contributed by atoms with Crippen molar-refractivity contribution < 1.29 is 0 Å². The van der Waals surface area contributed by atoms with Crippen LogP contribution in [0.5, 0.6) is 0 Å². The minimum absolute atomic E-state index is 0.605. The van der Waals surface area contributed by atoms with E-state index in [-0.39, 0.29) is 0 Å². The molecule has 2 aromatic heterocycles. The molecule has 2 aromatic rings. The summed E-state index contributed by atoms with van der Waals surface area (Å²) in [4.78, 5) is 11.2. The predicted octanol–water partition coefficient (Wildman–Crippen LogP) is 2.76. The maximum Gasteiger partial charge on any atom is 0.160 e. The highest BCUT2D eigenvalue weighted by Crippen LogP contribution is 2.33. The molecule has 1 N–H and O–H groups in total. The van der Waals surface area contributed by atoms with Crippen molar-refractivity contribution in [2.24, 2.45) is 5.92 Å². The first kappa shape index (κ1) is 12.4. The van der Waals surface area contributed by atoms with Crippen LogP contribution in [0.25, 0.3) is 11.0 Å². The van der Waals surface area contributed by atoms with Gasteiger partial charge in [0.25, 0.3) is 0 Å². The number of nitrogens with one attached hydrogen (secondary N) is 1. The van der Waals surface area contributed by atoms with Gasteiger partial charge in [-0.3, -0.25) is 5.10 Å². The van der Waals surface area contributed by atoms with Crippen LogP contribution in [0.15, 0.2) is 12.5 Å². The Hall–Kier alpha value is -1.65. The Morgan fingerprint density at radius 2 is 2.37 bits per heavy atom. The number of H-pyrrole nitrogens is 1. The fourth-order valence-electron chi connectivity index (χ4n) is 3.28. The summed E-state index contributed by atoms with van der Waals surface area (Å²) in [5.74, 6) is 1.76. The van der Waals surface area contributed by atoms with E-state index in [1.807, 2.05) is 6.20 Å². The maximum atomic E-state index is 4.51. The number of aromatic amines is 1. The zero-order valence-corrected chi connectivity index (χ0v) is 11.6. The lowest BCUT2D eigenvalue weighted by Crippen LogP contribution is -2.35. The van der Waals surface area contributed by atoms with Crippen molar-refractivity contribution in [1.29, 1.82) is 0 Å². The molecule has 0 radical (unpaired) electrons. The number of anilines is 1. The summed E-state index contributed by atoms with van der Waals surface area (Å²) >= 11 is 0. The van der Waals surface area contributed by atoms with Crippen molar-refractivity contribution in [3.05, 3.63) is 12.5 Å². The lowest BCUT2D eigenvalue weighted by molar-refractivity contribution is 0.420. The van der Waals surface area contributed by atoms with Crippen LogP contribution in [0.4, 0.5) is 5.82 Å². The highest BCUT2D eigenvalue weighted by molar-refractivity contribution is 5.86. The topological polar surface area (TPSA) is 57.7 Å². The molecular formula is C14H21N5. The van der Waals surface area contributed by atoms with Crippen molar-refractivity contribution in [3.8, 4) is 0 Å². The SMILES string of the molecule is CCCC(C)C1CCCN1c1ncnc2[nH]ncc12. The first-order valence-corrected chi connectivity index (χ1v) is 7.22. The molecule has 3 heterocycles. The largest absolute Gasteiger partial charge is 0.353 e. The van der Waals surface area contributed by atoms with E-state index in [0.29, 0.717) is 12.0 Å². The molecule has 0 spiro atoms. The molecule has 0 saturated carbocycles. The Morgan fingerprint density at radius 1 is 1.47 bits per heavy atom. The van der Waals surface area contributed by atoms with Crippen LogP contribution >= 0.6 is 0 Å². The Labute approximate surface area is 113 Å². The number of hydrogen-bond donors (Lipinski definition) is 1. The molecule has 1 aliphatic rings. The van der Waals surface area contributed by atoms with Crippen LogP contribution in [0, 0.1) is 5.92 Å². The number of hydrogen-bond acceptors (Lipinski definition) is 4. The summed E-state index contributed by atoms with van der Waals surface area (Å²) in [6.07, 6.45) is 8.52. The standard InChI is InChI=1S/C14H21N5/c1-3-5-10(2)12-6-4-7-19(12)14-11-8-17-18-13(11)15-9-16-14/h8-10,12H,3-7H2,1-2H3,(H,15,16,17,18). The first-order valence-electron chi connectivity index (χ1n) is 7.22. The van der Waals surface area contributed by atoms with Gasteiger partial charge in [-0.05, 0) is 25.2 Å². The quantitative estimate of drug-likeness (QED) is 0.917. The van der Waals surface area contributed by atoms with Crippen LogP contribution in [-0.4, -0.2) is 32.8 Å². The zero-order valence-electron chi connectivity index (χ0n) is 11.6. The molecule has 2 unspecified atom stereocenters. The third-order valence-electron chi connectivity index (χ3n) is 4.20. The van der Waals surface area contributed by atoms with Gasteiger partial charge in [-0.25, -0.2) is 9.97 Å². The Kier molecular flexibility index (Phi) is 3.36. The van der Waals surface area contributed by atoms with E-state index in [4.69, 9.17) is 0 Å². The lowest BCUT2D eigenvalue weighted by Gasteiger charge is -2.30. The van der Waals surface area contributed by atoms with Gasteiger partial charge in [0.15, 0.2) is 5.65 Å². The van der Waals surface area contributed by atoms with Gasteiger partial charge in [-0.15, -0.1) is 0 Å². The number of aromatic nitrogens is 4. The molecule has 0 bridgehead atoms. The smallest absolute Gasteiger partial charge is 0.160 e. The van der Waals surface area contributed by atoms with Gasteiger partial charge in [0.2, 0.25) is 0 Å². The molecule has 0 amide bonds.